The second-order valence-corrected chi connectivity index (χ2v) is 4.83. The molecule has 0 heterocycles. The molecule has 23 heavy (non-hydrogen) atoms. The number of nitrogens with zero attached hydrogens (tertiary/aromatic N) is 1. The number of hydrogen-bond donors (Lipinski definition) is 2. The molecule has 0 saturated heterocycles. The minimum atomic E-state index is -1.55. The third-order valence-corrected chi connectivity index (χ3v) is 3.25. The molecule has 0 bridgehead atoms. The number of ether oxygens (including phenoxy) is 1. The summed E-state index contributed by atoms with van der Waals surface area (Å²) in [6.07, 6.45) is 0. The average molecular weight is 342 g/mol. The van der Waals surface area contributed by atoms with Crippen LogP contribution in [0.1, 0.15) is 15.9 Å². The van der Waals surface area contributed by atoms with Crippen LogP contribution in [0, 0.1) is 15.9 Å². The van der Waals surface area contributed by atoms with Crippen molar-refractivity contribution in [2.24, 2.45) is 0 Å². The third-order valence-electron chi connectivity index (χ3n) is 2.90. The van der Waals surface area contributed by atoms with Crippen molar-refractivity contribution in [2.45, 2.75) is 6.61 Å². The quantitative estimate of drug-likeness (QED) is 0.637. The molecule has 2 aromatic carbocycles. The summed E-state index contributed by atoms with van der Waals surface area (Å²) in [5.41, 5.74) is -1.06. The number of hydrogen-bond acceptors (Lipinski definition) is 5. The van der Waals surface area contributed by atoms with E-state index < -0.39 is 33.7 Å². The molecule has 2 aromatic rings. The Kier molecular flexibility index (Phi) is 4.65. The zero-order chi connectivity index (χ0) is 17.1. The summed E-state index contributed by atoms with van der Waals surface area (Å²) in [4.78, 5) is 20.9. The van der Waals surface area contributed by atoms with Gasteiger partial charge in [-0.15, -0.1) is 0 Å². The maximum absolute atomic E-state index is 12.9. The molecular weight excluding hydrogens is 333 g/mol. The summed E-state index contributed by atoms with van der Waals surface area (Å²) in [6.45, 7) is -0.167. The molecule has 0 amide bonds. The van der Waals surface area contributed by atoms with Crippen LogP contribution in [-0.2, 0) is 6.61 Å². The zero-order valence-corrected chi connectivity index (χ0v) is 12.1. The maximum Gasteiger partial charge on any atom is 0.339 e. The van der Waals surface area contributed by atoms with E-state index in [0.717, 1.165) is 24.3 Å². The molecule has 120 valence electrons. The van der Waals surface area contributed by atoms with Gasteiger partial charge >= 0.3 is 11.7 Å². The highest BCUT2D eigenvalue weighted by atomic mass is 35.5. The van der Waals surface area contributed by atoms with Gasteiger partial charge in [-0.05, 0) is 18.2 Å². The predicted molar refractivity (Wildman–Crippen MR) is 77.5 cm³/mol. The van der Waals surface area contributed by atoms with Crippen molar-refractivity contribution in [2.75, 3.05) is 0 Å². The van der Waals surface area contributed by atoms with Gasteiger partial charge in [-0.3, -0.25) is 10.1 Å². The van der Waals surface area contributed by atoms with Gasteiger partial charge in [0.2, 0.25) is 5.75 Å². The van der Waals surface area contributed by atoms with Crippen LogP contribution in [0.15, 0.2) is 30.3 Å². The van der Waals surface area contributed by atoms with E-state index in [2.05, 4.69) is 0 Å². The van der Waals surface area contributed by atoms with E-state index in [9.17, 15) is 24.4 Å². The summed E-state index contributed by atoms with van der Waals surface area (Å²) >= 11 is 5.82. The second-order valence-electron chi connectivity index (χ2n) is 4.43. The van der Waals surface area contributed by atoms with Crippen molar-refractivity contribution < 1.29 is 29.1 Å². The van der Waals surface area contributed by atoms with Crippen LogP contribution in [0.4, 0.5) is 10.1 Å². The Labute approximate surface area is 133 Å². The number of carboxylic acids is 1. The molecular formula is C14H9ClFNO6. The summed E-state index contributed by atoms with van der Waals surface area (Å²) < 4.78 is 18.2. The highest BCUT2D eigenvalue weighted by Crippen LogP contribution is 2.35. The van der Waals surface area contributed by atoms with Crippen molar-refractivity contribution in [3.63, 3.8) is 0 Å². The van der Waals surface area contributed by atoms with E-state index in [1.54, 1.807) is 0 Å². The molecule has 0 saturated carbocycles. The summed E-state index contributed by atoms with van der Waals surface area (Å²) in [5, 5.41) is 29.5. The van der Waals surface area contributed by atoms with E-state index in [0.29, 0.717) is 5.56 Å². The number of rotatable bonds is 5. The first-order valence-corrected chi connectivity index (χ1v) is 6.49. The Balaban J connectivity index is 2.32. The Bertz CT molecular complexity index is 760. The first kappa shape index (κ1) is 16.5. The minimum absolute atomic E-state index is 0.0942. The lowest BCUT2D eigenvalue weighted by atomic mass is 10.1. The van der Waals surface area contributed by atoms with Crippen molar-refractivity contribution in [1.82, 2.24) is 0 Å². The zero-order valence-electron chi connectivity index (χ0n) is 11.3. The Morgan fingerprint density at radius 3 is 2.61 bits per heavy atom. The molecule has 0 radical (unpaired) electrons. The van der Waals surface area contributed by atoms with Crippen LogP contribution in [0.3, 0.4) is 0 Å². The molecule has 0 aliphatic heterocycles. The number of aromatic hydroxyl groups is 1. The summed E-state index contributed by atoms with van der Waals surface area (Å²) in [6, 6.07) is 5.43. The van der Waals surface area contributed by atoms with E-state index in [-0.39, 0.29) is 17.4 Å². The topological polar surface area (TPSA) is 110 Å². The van der Waals surface area contributed by atoms with Gasteiger partial charge in [-0.1, -0.05) is 17.7 Å². The molecule has 0 spiro atoms. The number of halogens is 2. The first-order chi connectivity index (χ1) is 10.8. The lowest BCUT2D eigenvalue weighted by molar-refractivity contribution is -0.386. The van der Waals surface area contributed by atoms with Gasteiger partial charge in [0.1, 0.15) is 23.7 Å². The molecule has 9 heteroatoms. The average Bonchev–Trinajstić information content (AvgIpc) is 2.46. The molecule has 0 aliphatic carbocycles. The minimum Gasteiger partial charge on any atom is -0.501 e. The molecule has 0 aliphatic rings. The van der Waals surface area contributed by atoms with E-state index in [1.165, 1.54) is 6.07 Å². The standard InChI is InChI=1S/C14H9ClFNO6/c15-11-3-8(16)2-1-7(11)6-23-9-4-10(14(19)20)13(18)12(5-9)17(21)22/h1-5,18H,6H2,(H,19,20). The normalized spacial score (nSPS) is 10.3. The van der Waals surface area contributed by atoms with Crippen molar-refractivity contribution in [3.8, 4) is 11.5 Å². The van der Waals surface area contributed by atoms with Gasteiger partial charge in [0.25, 0.3) is 0 Å². The highest BCUT2D eigenvalue weighted by molar-refractivity contribution is 6.31. The smallest absolute Gasteiger partial charge is 0.339 e. The lowest BCUT2D eigenvalue weighted by Gasteiger charge is -2.09. The monoisotopic (exact) mass is 341 g/mol. The molecule has 0 unspecified atom stereocenters. The van der Waals surface area contributed by atoms with Crippen molar-refractivity contribution in [3.05, 3.63) is 62.4 Å². The molecule has 2 N–H and O–H groups in total. The van der Waals surface area contributed by atoms with E-state index >= 15 is 0 Å². The van der Waals surface area contributed by atoms with Gasteiger partial charge in [-0.25, -0.2) is 9.18 Å². The fourth-order valence-electron chi connectivity index (χ4n) is 1.78. The van der Waals surface area contributed by atoms with Crippen LogP contribution >= 0.6 is 11.6 Å². The fraction of sp³-hybridized carbons (Fsp3) is 0.0714. The van der Waals surface area contributed by atoms with Crippen LogP contribution in [0.25, 0.3) is 0 Å². The molecule has 7 nitrogen and oxygen atoms in total. The number of carbonyl (C=O) groups is 1. The highest BCUT2D eigenvalue weighted by Gasteiger charge is 2.23. The Morgan fingerprint density at radius 2 is 2.04 bits per heavy atom. The third kappa shape index (κ3) is 3.67. The predicted octanol–water partition coefficient (Wildman–Crippen LogP) is 3.37. The first-order valence-electron chi connectivity index (χ1n) is 6.11. The van der Waals surface area contributed by atoms with E-state index in [4.69, 9.17) is 21.4 Å². The van der Waals surface area contributed by atoms with Gasteiger partial charge in [-0.2, -0.15) is 0 Å². The van der Waals surface area contributed by atoms with Crippen LogP contribution in [-0.4, -0.2) is 21.1 Å². The maximum atomic E-state index is 12.9. The van der Waals surface area contributed by atoms with Crippen LogP contribution in [0.2, 0.25) is 5.02 Å². The fourth-order valence-corrected chi connectivity index (χ4v) is 2.00. The van der Waals surface area contributed by atoms with Crippen LogP contribution < -0.4 is 4.74 Å². The Hall–Kier alpha value is -2.87. The summed E-state index contributed by atoms with van der Waals surface area (Å²) in [7, 11) is 0. The Morgan fingerprint density at radius 1 is 1.35 bits per heavy atom. The van der Waals surface area contributed by atoms with Gasteiger partial charge in [0.15, 0.2) is 0 Å². The van der Waals surface area contributed by atoms with Crippen molar-refractivity contribution in [1.29, 1.82) is 0 Å². The van der Waals surface area contributed by atoms with Gasteiger partial charge in [0.05, 0.1) is 16.0 Å². The van der Waals surface area contributed by atoms with Gasteiger partial charge < -0.3 is 14.9 Å². The number of carboxylic acid groups (broad SMARTS) is 1. The lowest BCUT2D eigenvalue weighted by Crippen LogP contribution is -2.03. The molecule has 0 fully saturated rings. The largest absolute Gasteiger partial charge is 0.501 e. The number of nitro groups is 1. The van der Waals surface area contributed by atoms with Crippen LogP contribution in [0.5, 0.6) is 11.5 Å². The molecule has 0 aromatic heterocycles. The molecule has 0 atom stereocenters. The second kappa shape index (κ2) is 6.49. The number of aromatic carboxylic acids is 1. The molecule has 2 rings (SSSR count). The number of benzene rings is 2. The number of phenols is 1. The number of nitro benzene ring substituents is 1. The SMILES string of the molecule is O=C(O)c1cc(OCc2ccc(F)cc2Cl)cc([N+](=O)[O-])c1O. The van der Waals surface area contributed by atoms with Gasteiger partial charge in [0, 0.05) is 5.56 Å². The van der Waals surface area contributed by atoms with E-state index in [1.807, 2.05) is 0 Å². The van der Waals surface area contributed by atoms with Crippen molar-refractivity contribution >= 4 is 23.3 Å². The summed E-state index contributed by atoms with van der Waals surface area (Å²) in [5.74, 6) is -3.19.